The highest BCUT2D eigenvalue weighted by molar-refractivity contribution is 7.10. The van der Waals surface area contributed by atoms with Gasteiger partial charge >= 0.3 is 0 Å². The van der Waals surface area contributed by atoms with E-state index in [1.165, 1.54) is 17.7 Å². The minimum atomic E-state index is 0.108. The quantitative estimate of drug-likeness (QED) is 0.856. The molecule has 0 spiro atoms. The van der Waals surface area contributed by atoms with Crippen LogP contribution in [0.1, 0.15) is 29.3 Å². The molecule has 0 saturated heterocycles. The van der Waals surface area contributed by atoms with Gasteiger partial charge in [-0.2, -0.15) is 0 Å². The summed E-state index contributed by atoms with van der Waals surface area (Å²) < 4.78 is 0. The summed E-state index contributed by atoms with van der Waals surface area (Å²) in [6.45, 7) is 0.108. The molecule has 94 valence electrons. The highest BCUT2D eigenvalue weighted by Crippen LogP contribution is 2.44. The first-order valence-electron chi connectivity index (χ1n) is 6.36. The van der Waals surface area contributed by atoms with Crippen molar-refractivity contribution in [2.24, 2.45) is 5.92 Å². The maximum atomic E-state index is 9.04. The molecule has 2 nitrogen and oxygen atoms in total. The molecule has 1 aliphatic carbocycles. The normalized spacial score (nSPS) is 16.5. The van der Waals surface area contributed by atoms with Crippen LogP contribution in [0.15, 0.2) is 41.8 Å². The second kappa shape index (κ2) is 5.12. The molecule has 0 bridgehead atoms. The minimum absolute atomic E-state index is 0.108. The zero-order chi connectivity index (χ0) is 12.4. The van der Waals surface area contributed by atoms with Gasteiger partial charge in [-0.1, -0.05) is 18.2 Å². The summed E-state index contributed by atoms with van der Waals surface area (Å²) in [4.78, 5) is 1.42. The van der Waals surface area contributed by atoms with Gasteiger partial charge in [-0.05, 0) is 47.9 Å². The lowest BCUT2D eigenvalue weighted by Gasteiger charge is -2.18. The standard InChI is InChI=1S/C15H17NOS/c17-10-11-3-7-13(8-4-11)16-15(12-5-6-12)14-2-1-9-18-14/h1-4,7-9,12,15-17H,5-6,10H2. The van der Waals surface area contributed by atoms with Crippen LogP contribution in [0.4, 0.5) is 5.69 Å². The Morgan fingerprint density at radius 2 is 2.00 bits per heavy atom. The largest absolute Gasteiger partial charge is 0.392 e. The average Bonchev–Trinajstić information content (AvgIpc) is 3.11. The van der Waals surface area contributed by atoms with Gasteiger partial charge < -0.3 is 10.4 Å². The number of nitrogens with one attached hydrogen (secondary N) is 1. The van der Waals surface area contributed by atoms with Gasteiger partial charge in [0.25, 0.3) is 0 Å². The first kappa shape index (κ1) is 11.8. The Morgan fingerprint density at radius 3 is 2.56 bits per heavy atom. The molecule has 1 aliphatic rings. The van der Waals surface area contributed by atoms with E-state index >= 15 is 0 Å². The molecule has 2 aromatic rings. The fourth-order valence-corrected chi connectivity index (χ4v) is 3.07. The Bertz CT molecular complexity index is 488. The van der Waals surface area contributed by atoms with E-state index in [0.29, 0.717) is 6.04 Å². The second-order valence-electron chi connectivity index (χ2n) is 4.83. The monoisotopic (exact) mass is 259 g/mol. The third-order valence-corrected chi connectivity index (χ3v) is 4.36. The molecule has 2 N–H and O–H groups in total. The van der Waals surface area contributed by atoms with Gasteiger partial charge in [0.15, 0.2) is 0 Å². The molecule has 0 aliphatic heterocycles. The Kier molecular flexibility index (Phi) is 3.35. The van der Waals surface area contributed by atoms with E-state index in [2.05, 4.69) is 35.0 Å². The van der Waals surface area contributed by atoms with Crippen LogP contribution in [0.3, 0.4) is 0 Å². The summed E-state index contributed by atoms with van der Waals surface area (Å²) in [6, 6.07) is 12.8. The number of aliphatic hydroxyl groups excluding tert-OH is 1. The third-order valence-electron chi connectivity index (χ3n) is 3.40. The van der Waals surface area contributed by atoms with E-state index in [4.69, 9.17) is 5.11 Å². The minimum Gasteiger partial charge on any atom is -0.392 e. The Balaban J connectivity index is 1.76. The molecular formula is C15H17NOS. The number of anilines is 1. The van der Waals surface area contributed by atoms with Gasteiger partial charge in [0, 0.05) is 10.6 Å². The maximum Gasteiger partial charge on any atom is 0.0681 e. The Hall–Kier alpha value is -1.32. The first-order valence-corrected chi connectivity index (χ1v) is 7.24. The second-order valence-corrected chi connectivity index (χ2v) is 5.81. The molecule has 18 heavy (non-hydrogen) atoms. The fourth-order valence-electron chi connectivity index (χ4n) is 2.21. The van der Waals surface area contributed by atoms with Crippen LogP contribution in [0.2, 0.25) is 0 Å². The summed E-state index contributed by atoms with van der Waals surface area (Å²) in [7, 11) is 0. The van der Waals surface area contributed by atoms with Gasteiger partial charge in [-0.25, -0.2) is 0 Å². The van der Waals surface area contributed by atoms with Crippen LogP contribution >= 0.6 is 11.3 Å². The summed E-state index contributed by atoms with van der Waals surface area (Å²) in [5.74, 6) is 0.779. The lowest BCUT2D eigenvalue weighted by Crippen LogP contribution is -2.11. The Morgan fingerprint density at radius 1 is 1.22 bits per heavy atom. The molecule has 1 heterocycles. The van der Waals surface area contributed by atoms with Crippen molar-refractivity contribution in [1.82, 2.24) is 0 Å². The highest BCUT2D eigenvalue weighted by atomic mass is 32.1. The SMILES string of the molecule is OCc1ccc(NC(c2cccs2)C2CC2)cc1. The van der Waals surface area contributed by atoms with E-state index in [9.17, 15) is 0 Å². The molecule has 3 heteroatoms. The molecular weight excluding hydrogens is 242 g/mol. The number of aliphatic hydroxyl groups is 1. The summed E-state index contributed by atoms with van der Waals surface area (Å²) in [6.07, 6.45) is 2.65. The molecule has 0 amide bonds. The first-order chi connectivity index (χ1) is 8.86. The van der Waals surface area contributed by atoms with Crippen LogP contribution in [0.25, 0.3) is 0 Å². The van der Waals surface area contributed by atoms with Crippen molar-refractivity contribution in [2.45, 2.75) is 25.5 Å². The van der Waals surface area contributed by atoms with Crippen LogP contribution < -0.4 is 5.32 Å². The fraction of sp³-hybridized carbons (Fsp3) is 0.333. The van der Waals surface area contributed by atoms with Crippen molar-refractivity contribution in [2.75, 3.05) is 5.32 Å². The average molecular weight is 259 g/mol. The van der Waals surface area contributed by atoms with E-state index < -0.39 is 0 Å². The van der Waals surface area contributed by atoms with E-state index in [0.717, 1.165) is 17.2 Å². The van der Waals surface area contributed by atoms with Crippen molar-refractivity contribution in [3.8, 4) is 0 Å². The molecule has 1 aromatic carbocycles. The van der Waals surface area contributed by atoms with Crippen LogP contribution in [0.5, 0.6) is 0 Å². The van der Waals surface area contributed by atoms with Crippen molar-refractivity contribution in [3.05, 3.63) is 52.2 Å². The lowest BCUT2D eigenvalue weighted by molar-refractivity contribution is 0.282. The maximum absolute atomic E-state index is 9.04. The van der Waals surface area contributed by atoms with Gasteiger partial charge in [0.05, 0.1) is 12.6 Å². The number of hydrogen-bond donors (Lipinski definition) is 2. The van der Waals surface area contributed by atoms with Gasteiger partial charge in [-0.3, -0.25) is 0 Å². The zero-order valence-electron chi connectivity index (χ0n) is 10.2. The summed E-state index contributed by atoms with van der Waals surface area (Å²) >= 11 is 1.82. The number of benzene rings is 1. The third kappa shape index (κ3) is 2.57. The van der Waals surface area contributed by atoms with E-state index in [1.807, 2.05) is 23.5 Å². The Labute approximate surface area is 111 Å². The smallest absolute Gasteiger partial charge is 0.0681 e. The van der Waals surface area contributed by atoms with Gasteiger partial charge in [0.2, 0.25) is 0 Å². The molecule has 1 saturated carbocycles. The summed E-state index contributed by atoms with van der Waals surface area (Å²) in [5, 5.41) is 14.8. The molecule has 1 atom stereocenters. The molecule has 1 aromatic heterocycles. The number of hydrogen-bond acceptors (Lipinski definition) is 3. The topological polar surface area (TPSA) is 32.3 Å². The van der Waals surface area contributed by atoms with Gasteiger partial charge in [-0.15, -0.1) is 11.3 Å². The van der Waals surface area contributed by atoms with Crippen molar-refractivity contribution < 1.29 is 5.11 Å². The van der Waals surface area contributed by atoms with Crippen molar-refractivity contribution in [3.63, 3.8) is 0 Å². The molecule has 0 radical (unpaired) electrons. The zero-order valence-corrected chi connectivity index (χ0v) is 11.0. The van der Waals surface area contributed by atoms with Crippen LogP contribution in [-0.4, -0.2) is 5.11 Å². The van der Waals surface area contributed by atoms with Crippen molar-refractivity contribution in [1.29, 1.82) is 0 Å². The van der Waals surface area contributed by atoms with Gasteiger partial charge in [0.1, 0.15) is 0 Å². The van der Waals surface area contributed by atoms with Crippen LogP contribution in [-0.2, 0) is 6.61 Å². The van der Waals surface area contributed by atoms with E-state index in [-0.39, 0.29) is 6.61 Å². The lowest BCUT2D eigenvalue weighted by atomic mass is 10.1. The predicted molar refractivity (Wildman–Crippen MR) is 75.8 cm³/mol. The number of rotatable bonds is 5. The van der Waals surface area contributed by atoms with E-state index in [1.54, 1.807) is 0 Å². The number of thiophene rings is 1. The van der Waals surface area contributed by atoms with Crippen LogP contribution in [0, 0.1) is 5.92 Å². The molecule has 3 rings (SSSR count). The summed E-state index contributed by atoms with van der Waals surface area (Å²) in [5.41, 5.74) is 2.09. The molecule has 1 unspecified atom stereocenters. The predicted octanol–water partition coefficient (Wildman–Crippen LogP) is 3.80. The highest BCUT2D eigenvalue weighted by Gasteiger charge is 2.32. The van der Waals surface area contributed by atoms with Crippen molar-refractivity contribution >= 4 is 17.0 Å². The molecule has 1 fully saturated rings.